The summed E-state index contributed by atoms with van der Waals surface area (Å²) in [6, 6.07) is 21.3. The predicted octanol–water partition coefficient (Wildman–Crippen LogP) is 7.50. The second kappa shape index (κ2) is 6.62. The predicted molar refractivity (Wildman–Crippen MR) is 126 cm³/mol. The van der Waals surface area contributed by atoms with E-state index in [1.807, 2.05) is 48.6 Å². The first-order chi connectivity index (χ1) is 15.5. The zero-order chi connectivity index (χ0) is 22.1. The molecule has 0 saturated heterocycles. The van der Waals surface area contributed by atoms with Gasteiger partial charge in [-0.25, -0.2) is 0 Å². The van der Waals surface area contributed by atoms with E-state index in [-0.39, 0.29) is 11.8 Å². The van der Waals surface area contributed by atoms with Crippen molar-refractivity contribution in [3.63, 3.8) is 0 Å². The van der Waals surface area contributed by atoms with Crippen molar-refractivity contribution in [3.05, 3.63) is 105 Å². The molecule has 0 amide bonds. The van der Waals surface area contributed by atoms with E-state index in [1.54, 1.807) is 0 Å². The van der Waals surface area contributed by atoms with Gasteiger partial charge in [0.15, 0.2) is 0 Å². The Kier molecular flexibility index (Phi) is 4.11. The summed E-state index contributed by atoms with van der Waals surface area (Å²) in [4.78, 5) is 0. The van der Waals surface area contributed by atoms with Crippen LogP contribution in [-0.4, -0.2) is 0 Å². The first-order valence-corrected chi connectivity index (χ1v) is 11.7. The SMILES string of the molecule is N#C[C@]12C=C[C@]3(C#N)C[C@@H](c4ccc(Cl)cc4)[C@@]34C=CCC(=C14)C[C@H]2c1ccc(Cl)cc1. The van der Waals surface area contributed by atoms with Gasteiger partial charge < -0.3 is 0 Å². The third-order valence-electron chi connectivity index (χ3n) is 8.30. The number of hydrogen-bond acceptors (Lipinski definition) is 2. The molecule has 0 unspecified atom stereocenters. The normalized spacial score (nSPS) is 36.0. The molecule has 0 N–H and O–H groups in total. The zero-order valence-electron chi connectivity index (χ0n) is 17.4. The molecule has 1 fully saturated rings. The first kappa shape index (κ1) is 19.9. The standard InChI is InChI=1S/C28H20Cl2N2/c29-21-7-3-18(4-8-21)23-14-20-2-1-11-28-24(19-5-9-22(30)10-6-19)15-26(28,16-31)12-13-27(23,17-32)25(20)28/h1,3-13,23-24H,2,14-15H2/t23-,24-,26+,27-,28+/m0/s1. The molecular weight excluding hydrogens is 435 g/mol. The van der Waals surface area contributed by atoms with Crippen LogP contribution in [0, 0.1) is 38.9 Å². The van der Waals surface area contributed by atoms with E-state index >= 15 is 0 Å². The lowest BCUT2D eigenvalue weighted by Crippen LogP contribution is -2.60. The molecule has 1 spiro atoms. The smallest absolute Gasteiger partial charge is 0.105 e. The number of rotatable bonds is 2. The van der Waals surface area contributed by atoms with Crippen molar-refractivity contribution in [1.29, 1.82) is 10.5 Å². The number of allylic oxidation sites excluding steroid dienone is 6. The monoisotopic (exact) mass is 454 g/mol. The van der Waals surface area contributed by atoms with Gasteiger partial charge in [-0.15, -0.1) is 0 Å². The molecule has 2 aromatic carbocycles. The van der Waals surface area contributed by atoms with Gasteiger partial charge in [0, 0.05) is 27.3 Å². The lowest BCUT2D eigenvalue weighted by molar-refractivity contribution is 0.0337. The molecule has 32 heavy (non-hydrogen) atoms. The van der Waals surface area contributed by atoms with Crippen molar-refractivity contribution in [1.82, 2.24) is 0 Å². The van der Waals surface area contributed by atoms with Crippen molar-refractivity contribution in [3.8, 4) is 12.1 Å². The van der Waals surface area contributed by atoms with E-state index in [9.17, 15) is 10.5 Å². The molecule has 0 bridgehead atoms. The van der Waals surface area contributed by atoms with Gasteiger partial charge in [0.25, 0.3) is 0 Å². The second-order valence-corrected chi connectivity index (χ2v) is 10.3. The average Bonchev–Trinajstić information content (AvgIpc) is 3.15. The highest BCUT2D eigenvalue weighted by Crippen LogP contribution is 2.79. The van der Waals surface area contributed by atoms with Gasteiger partial charge in [0.1, 0.15) is 5.41 Å². The molecule has 4 aliphatic carbocycles. The van der Waals surface area contributed by atoms with Crippen LogP contribution < -0.4 is 0 Å². The molecule has 0 radical (unpaired) electrons. The van der Waals surface area contributed by atoms with Crippen LogP contribution in [0.5, 0.6) is 0 Å². The van der Waals surface area contributed by atoms with E-state index in [4.69, 9.17) is 23.2 Å². The summed E-state index contributed by atoms with van der Waals surface area (Å²) in [5, 5.41) is 22.5. The summed E-state index contributed by atoms with van der Waals surface area (Å²) < 4.78 is 0. The van der Waals surface area contributed by atoms with Crippen LogP contribution in [0.3, 0.4) is 0 Å². The summed E-state index contributed by atoms with van der Waals surface area (Å²) in [7, 11) is 0. The number of benzene rings is 2. The lowest BCUT2D eigenvalue weighted by Gasteiger charge is -2.65. The topological polar surface area (TPSA) is 47.6 Å². The molecular formula is C28H20Cl2N2. The van der Waals surface area contributed by atoms with Gasteiger partial charge in [-0.1, -0.05) is 77.3 Å². The molecule has 5 atom stereocenters. The fraction of sp³-hybridized carbons (Fsp3) is 0.286. The van der Waals surface area contributed by atoms with Crippen molar-refractivity contribution in [2.75, 3.05) is 0 Å². The van der Waals surface area contributed by atoms with Crippen LogP contribution in [0.15, 0.2) is 84.0 Å². The minimum absolute atomic E-state index is 0.0194. The van der Waals surface area contributed by atoms with Crippen LogP contribution in [0.4, 0.5) is 0 Å². The van der Waals surface area contributed by atoms with E-state index in [2.05, 4.69) is 36.4 Å². The Morgan fingerprint density at radius 3 is 2.00 bits per heavy atom. The van der Waals surface area contributed by atoms with Gasteiger partial charge in [0.2, 0.25) is 0 Å². The molecule has 0 aliphatic heterocycles. The Morgan fingerprint density at radius 1 is 0.781 bits per heavy atom. The van der Waals surface area contributed by atoms with Gasteiger partial charge >= 0.3 is 0 Å². The number of halogens is 2. The Morgan fingerprint density at radius 2 is 1.41 bits per heavy atom. The lowest BCUT2D eigenvalue weighted by atomic mass is 9.35. The minimum atomic E-state index is -0.751. The molecule has 2 aromatic rings. The summed E-state index contributed by atoms with van der Waals surface area (Å²) in [6.07, 6.45) is 11.0. The average molecular weight is 455 g/mol. The van der Waals surface area contributed by atoms with Crippen molar-refractivity contribution in [2.24, 2.45) is 16.2 Å². The highest BCUT2D eigenvalue weighted by Gasteiger charge is 2.73. The van der Waals surface area contributed by atoms with Crippen LogP contribution in [0.2, 0.25) is 10.0 Å². The third kappa shape index (κ3) is 2.25. The Labute approximate surface area is 198 Å². The van der Waals surface area contributed by atoms with Gasteiger partial charge in [-0.2, -0.15) is 10.5 Å². The molecule has 0 heterocycles. The Hall–Kier alpha value is -2.78. The van der Waals surface area contributed by atoms with E-state index in [0.29, 0.717) is 10.0 Å². The van der Waals surface area contributed by atoms with Crippen LogP contribution in [-0.2, 0) is 0 Å². The Balaban J connectivity index is 1.57. The maximum Gasteiger partial charge on any atom is 0.105 e. The van der Waals surface area contributed by atoms with Crippen LogP contribution in [0.25, 0.3) is 0 Å². The maximum atomic E-state index is 10.7. The van der Waals surface area contributed by atoms with E-state index in [1.165, 1.54) is 16.7 Å². The van der Waals surface area contributed by atoms with Crippen molar-refractivity contribution < 1.29 is 0 Å². The number of nitriles is 2. The molecule has 156 valence electrons. The van der Waals surface area contributed by atoms with Crippen molar-refractivity contribution >= 4 is 23.2 Å². The highest BCUT2D eigenvalue weighted by molar-refractivity contribution is 6.30. The quantitative estimate of drug-likeness (QED) is 0.440. The Bertz CT molecular complexity index is 1310. The van der Waals surface area contributed by atoms with Gasteiger partial charge in [0.05, 0.1) is 17.6 Å². The second-order valence-electron chi connectivity index (χ2n) is 9.47. The maximum absolute atomic E-state index is 10.7. The summed E-state index contributed by atoms with van der Waals surface area (Å²) in [5.41, 5.74) is 2.92. The molecule has 4 aliphatic rings. The minimum Gasteiger partial charge on any atom is -0.197 e. The molecule has 1 saturated carbocycles. The molecule has 6 rings (SSSR count). The third-order valence-corrected chi connectivity index (χ3v) is 8.80. The zero-order valence-corrected chi connectivity index (χ0v) is 18.9. The fourth-order valence-electron chi connectivity index (χ4n) is 6.94. The summed E-state index contributed by atoms with van der Waals surface area (Å²) >= 11 is 12.3. The largest absolute Gasteiger partial charge is 0.197 e. The number of hydrogen-bond donors (Lipinski definition) is 0. The summed E-state index contributed by atoms with van der Waals surface area (Å²) in [6.45, 7) is 0. The molecule has 4 heteroatoms. The number of nitrogens with zero attached hydrogens (tertiary/aromatic N) is 2. The van der Waals surface area contributed by atoms with Gasteiger partial charge in [-0.05, 0) is 60.2 Å². The molecule has 0 aromatic heterocycles. The highest BCUT2D eigenvalue weighted by atomic mass is 35.5. The van der Waals surface area contributed by atoms with E-state index in [0.717, 1.165) is 24.8 Å². The first-order valence-electron chi connectivity index (χ1n) is 10.9. The summed E-state index contributed by atoms with van der Waals surface area (Å²) in [5.74, 6) is 0.161. The van der Waals surface area contributed by atoms with Crippen LogP contribution in [0.1, 0.15) is 42.2 Å². The fourth-order valence-corrected chi connectivity index (χ4v) is 7.19. The molecule has 2 nitrogen and oxygen atoms in total. The van der Waals surface area contributed by atoms with Crippen LogP contribution >= 0.6 is 23.2 Å². The van der Waals surface area contributed by atoms with Gasteiger partial charge in [-0.3, -0.25) is 0 Å². The van der Waals surface area contributed by atoms with E-state index < -0.39 is 16.2 Å². The van der Waals surface area contributed by atoms with Crippen molar-refractivity contribution in [2.45, 2.75) is 31.1 Å².